The van der Waals surface area contributed by atoms with Crippen LogP contribution in [0.4, 0.5) is 10.1 Å². The maximum absolute atomic E-state index is 12.8. The minimum absolute atomic E-state index is 0. The Hall–Kier alpha value is -1.28. The van der Waals surface area contributed by atoms with Crippen LogP contribution in [-0.2, 0) is 0 Å². The summed E-state index contributed by atoms with van der Waals surface area (Å²) in [5.74, 6) is 0.978. The molecule has 2 aromatic carbocycles. The third-order valence-electron chi connectivity index (χ3n) is 2.75. The highest BCUT2D eigenvalue weighted by Crippen LogP contribution is 2.17. The van der Waals surface area contributed by atoms with E-state index < -0.39 is 0 Å². The van der Waals surface area contributed by atoms with Crippen LogP contribution >= 0.6 is 35.7 Å². The average molecular weight is 431 g/mol. The molecule has 0 aliphatic carbocycles. The van der Waals surface area contributed by atoms with E-state index in [2.05, 4.69) is 10.3 Å². The minimum Gasteiger partial charge on any atom is -0.370 e. The number of hydrogen-bond acceptors (Lipinski definition) is 2. The third-order valence-corrected chi connectivity index (χ3v) is 3.74. The zero-order valence-corrected chi connectivity index (χ0v) is 15.4. The van der Waals surface area contributed by atoms with E-state index in [1.807, 2.05) is 31.2 Å². The van der Waals surface area contributed by atoms with E-state index in [0.29, 0.717) is 12.5 Å². The molecular weight excluding hydrogens is 412 g/mol. The molecule has 118 valence electrons. The number of aryl methyl sites for hydroxylation is 1. The maximum Gasteiger partial charge on any atom is 0.193 e. The number of benzene rings is 2. The van der Waals surface area contributed by atoms with Crippen molar-refractivity contribution in [3.05, 3.63) is 59.9 Å². The fourth-order valence-corrected chi connectivity index (χ4v) is 2.52. The molecule has 0 heterocycles. The first-order valence-corrected chi connectivity index (χ1v) is 7.64. The zero-order chi connectivity index (χ0) is 15.1. The lowest BCUT2D eigenvalue weighted by molar-refractivity contribution is 0.626. The number of thioether (sulfide) groups is 1. The minimum atomic E-state index is -0.219. The Balaban J connectivity index is 0.00000242. The topological polar surface area (TPSA) is 50.4 Å². The molecule has 3 nitrogen and oxygen atoms in total. The SMILES string of the molecule is Cc1cccc(NC(N)=NCCSc2ccc(F)cc2)c1.I. The summed E-state index contributed by atoms with van der Waals surface area (Å²) >= 11 is 1.62. The summed E-state index contributed by atoms with van der Waals surface area (Å²) < 4.78 is 12.8. The first kappa shape index (κ1) is 18.8. The van der Waals surface area contributed by atoms with E-state index in [1.54, 1.807) is 23.9 Å². The number of guanidine groups is 1. The van der Waals surface area contributed by atoms with Crippen molar-refractivity contribution in [1.29, 1.82) is 0 Å². The van der Waals surface area contributed by atoms with Crippen LogP contribution in [0.5, 0.6) is 0 Å². The van der Waals surface area contributed by atoms with Gasteiger partial charge in [-0.1, -0.05) is 12.1 Å². The summed E-state index contributed by atoms with van der Waals surface area (Å²) in [4.78, 5) is 5.29. The highest BCUT2D eigenvalue weighted by molar-refractivity contribution is 14.0. The van der Waals surface area contributed by atoms with E-state index >= 15 is 0 Å². The largest absolute Gasteiger partial charge is 0.370 e. The number of aliphatic imine (C=N–C) groups is 1. The molecule has 6 heteroatoms. The first-order chi connectivity index (χ1) is 10.1. The van der Waals surface area contributed by atoms with Crippen LogP contribution in [0.25, 0.3) is 0 Å². The average Bonchev–Trinajstić information content (AvgIpc) is 2.45. The predicted molar refractivity (Wildman–Crippen MR) is 104 cm³/mol. The number of anilines is 1. The lowest BCUT2D eigenvalue weighted by atomic mass is 10.2. The van der Waals surface area contributed by atoms with Crippen LogP contribution in [0.1, 0.15) is 5.56 Å². The van der Waals surface area contributed by atoms with Crippen LogP contribution in [-0.4, -0.2) is 18.3 Å². The van der Waals surface area contributed by atoms with Crippen LogP contribution in [0, 0.1) is 12.7 Å². The Kier molecular flexibility index (Phi) is 8.26. The molecule has 0 unspecified atom stereocenters. The Morgan fingerprint density at radius 1 is 1.23 bits per heavy atom. The van der Waals surface area contributed by atoms with E-state index in [1.165, 1.54) is 17.7 Å². The van der Waals surface area contributed by atoms with Crippen molar-refractivity contribution in [2.45, 2.75) is 11.8 Å². The summed E-state index contributed by atoms with van der Waals surface area (Å²) in [6, 6.07) is 14.4. The van der Waals surface area contributed by atoms with Crippen molar-refractivity contribution in [1.82, 2.24) is 0 Å². The van der Waals surface area contributed by atoms with Gasteiger partial charge in [0.05, 0.1) is 6.54 Å². The van der Waals surface area contributed by atoms with Crippen molar-refractivity contribution in [3.63, 3.8) is 0 Å². The van der Waals surface area contributed by atoms with E-state index in [4.69, 9.17) is 5.73 Å². The van der Waals surface area contributed by atoms with Gasteiger partial charge in [0, 0.05) is 16.3 Å². The summed E-state index contributed by atoms with van der Waals surface area (Å²) in [6.07, 6.45) is 0. The second-order valence-electron chi connectivity index (χ2n) is 4.56. The molecule has 0 saturated carbocycles. The molecule has 2 aromatic rings. The van der Waals surface area contributed by atoms with E-state index in [0.717, 1.165) is 16.3 Å². The molecular formula is C16H19FIN3S. The molecule has 0 spiro atoms. The van der Waals surface area contributed by atoms with E-state index in [-0.39, 0.29) is 29.8 Å². The molecule has 0 atom stereocenters. The summed E-state index contributed by atoms with van der Waals surface area (Å²) in [6.45, 7) is 2.63. The molecule has 22 heavy (non-hydrogen) atoms. The van der Waals surface area contributed by atoms with Crippen LogP contribution in [0.15, 0.2) is 58.4 Å². The normalized spacial score (nSPS) is 10.9. The van der Waals surface area contributed by atoms with Gasteiger partial charge < -0.3 is 11.1 Å². The Morgan fingerprint density at radius 3 is 2.64 bits per heavy atom. The van der Waals surface area contributed by atoms with Gasteiger partial charge in [-0.15, -0.1) is 35.7 Å². The van der Waals surface area contributed by atoms with Gasteiger partial charge in [0.2, 0.25) is 0 Å². The molecule has 0 fully saturated rings. The molecule has 0 aromatic heterocycles. The van der Waals surface area contributed by atoms with Gasteiger partial charge in [-0.05, 0) is 48.9 Å². The van der Waals surface area contributed by atoms with Gasteiger partial charge in [-0.25, -0.2) is 4.39 Å². The van der Waals surface area contributed by atoms with Crippen LogP contribution in [0.2, 0.25) is 0 Å². The van der Waals surface area contributed by atoms with Crippen molar-refractivity contribution in [2.75, 3.05) is 17.6 Å². The van der Waals surface area contributed by atoms with Gasteiger partial charge in [-0.2, -0.15) is 0 Å². The first-order valence-electron chi connectivity index (χ1n) is 6.65. The van der Waals surface area contributed by atoms with Gasteiger partial charge >= 0.3 is 0 Å². The van der Waals surface area contributed by atoms with Gasteiger partial charge in [0.15, 0.2) is 5.96 Å². The molecule has 0 radical (unpaired) electrons. The standard InChI is InChI=1S/C16H18FN3S.HI/c1-12-3-2-4-14(11-12)20-16(18)19-9-10-21-15-7-5-13(17)6-8-15;/h2-8,11H,9-10H2,1H3,(H3,18,19,20);1H. The monoisotopic (exact) mass is 431 g/mol. The second-order valence-corrected chi connectivity index (χ2v) is 5.73. The Bertz CT molecular complexity index is 617. The lowest BCUT2D eigenvalue weighted by Gasteiger charge is -2.06. The Morgan fingerprint density at radius 2 is 1.95 bits per heavy atom. The van der Waals surface area contributed by atoms with Gasteiger partial charge in [0.25, 0.3) is 0 Å². The van der Waals surface area contributed by atoms with Crippen molar-refractivity contribution < 1.29 is 4.39 Å². The molecule has 0 aliphatic heterocycles. The number of nitrogens with zero attached hydrogens (tertiary/aromatic N) is 1. The predicted octanol–water partition coefficient (Wildman–Crippen LogP) is 4.27. The quantitative estimate of drug-likeness (QED) is 0.245. The van der Waals surface area contributed by atoms with Crippen LogP contribution in [0.3, 0.4) is 0 Å². The zero-order valence-electron chi connectivity index (χ0n) is 12.3. The number of hydrogen-bond donors (Lipinski definition) is 2. The molecule has 0 bridgehead atoms. The summed E-state index contributed by atoms with van der Waals surface area (Å²) in [5.41, 5.74) is 7.93. The third kappa shape index (κ3) is 6.65. The van der Waals surface area contributed by atoms with Crippen molar-refractivity contribution in [3.8, 4) is 0 Å². The number of rotatable bonds is 5. The van der Waals surface area contributed by atoms with Crippen molar-refractivity contribution >= 4 is 47.4 Å². The molecule has 0 saturated heterocycles. The molecule has 0 aliphatic rings. The van der Waals surface area contributed by atoms with E-state index in [9.17, 15) is 4.39 Å². The summed E-state index contributed by atoms with van der Waals surface area (Å²) in [5, 5.41) is 3.06. The van der Waals surface area contributed by atoms with Crippen molar-refractivity contribution in [2.24, 2.45) is 10.7 Å². The highest BCUT2D eigenvalue weighted by Gasteiger charge is 1.97. The number of nitrogens with two attached hydrogens (primary N) is 1. The number of halogens is 2. The lowest BCUT2D eigenvalue weighted by Crippen LogP contribution is -2.23. The fraction of sp³-hybridized carbons (Fsp3) is 0.188. The summed E-state index contributed by atoms with van der Waals surface area (Å²) in [7, 11) is 0. The maximum atomic E-state index is 12.8. The Labute approximate surface area is 151 Å². The molecule has 0 amide bonds. The molecule has 3 N–H and O–H groups in total. The highest BCUT2D eigenvalue weighted by atomic mass is 127. The van der Waals surface area contributed by atoms with Gasteiger partial charge in [0.1, 0.15) is 5.82 Å². The smallest absolute Gasteiger partial charge is 0.193 e. The fourth-order valence-electron chi connectivity index (χ4n) is 1.77. The molecule has 2 rings (SSSR count). The second kappa shape index (κ2) is 9.68. The van der Waals surface area contributed by atoms with Crippen LogP contribution < -0.4 is 11.1 Å². The number of nitrogens with one attached hydrogen (secondary N) is 1. The van der Waals surface area contributed by atoms with Gasteiger partial charge in [-0.3, -0.25) is 4.99 Å².